The van der Waals surface area contributed by atoms with Gasteiger partial charge in [0.1, 0.15) is 11.2 Å². The highest BCUT2D eigenvalue weighted by atomic mass is 17.2. The van der Waals surface area contributed by atoms with Crippen molar-refractivity contribution in [3.05, 3.63) is 0 Å². The van der Waals surface area contributed by atoms with E-state index < -0.39 is 0 Å². The van der Waals surface area contributed by atoms with Crippen LogP contribution >= 0.6 is 0 Å². The predicted octanol–water partition coefficient (Wildman–Crippen LogP) is 12.7. The summed E-state index contributed by atoms with van der Waals surface area (Å²) in [5, 5.41) is 0. The van der Waals surface area contributed by atoms with Crippen molar-refractivity contribution in [2.75, 3.05) is 0 Å². The Kier molecular flexibility index (Phi) is 15.9. The summed E-state index contributed by atoms with van der Waals surface area (Å²) >= 11 is 0. The first kappa shape index (κ1) is 34.1. The molecule has 0 spiro atoms. The van der Waals surface area contributed by atoms with Gasteiger partial charge in [-0.2, -0.15) is 0 Å². The molecule has 2 nitrogen and oxygen atoms in total. The first-order valence-corrected chi connectivity index (χ1v) is 17.9. The molecule has 0 radical (unpaired) electrons. The van der Waals surface area contributed by atoms with E-state index in [-0.39, 0.29) is 11.2 Å². The van der Waals surface area contributed by atoms with Gasteiger partial charge in [-0.15, -0.1) is 0 Å². The molecule has 0 aromatic carbocycles. The van der Waals surface area contributed by atoms with Crippen molar-refractivity contribution >= 4 is 0 Å². The quantitative estimate of drug-likeness (QED) is 0.108. The summed E-state index contributed by atoms with van der Waals surface area (Å²) in [7, 11) is 0. The lowest BCUT2D eigenvalue weighted by atomic mass is 9.56. The van der Waals surface area contributed by atoms with E-state index in [0.717, 1.165) is 0 Å². The Bertz CT molecular complexity index is 532. The van der Waals surface area contributed by atoms with E-state index in [1.807, 2.05) is 0 Å². The third kappa shape index (κ3) is 8.24. The van der Waals surface area contributed by atoms with Crippen LogP contribution < -0.4 is 0 Å². The van der Waals surface area contributed by atoms with Crippen molar-refractivity contribution in [3.63, 3.8) is 0 Å². The Balaban J connectivity index is 2.52. The third-order valence-corrected chi connectivity index (χ3v) is 11.2. The number of hydrogen-bond donors (Lipinski definition) is 0. The third-order valence-electron chi connectivity index (χ3n) is 11.2. The molecule has 226 valence electrons. The Morgan fingerprint density at radius 3 is 0.921 bits per heavy atom. The smallest absolute Gasteiger partial charge is 0.109 e. The maximum atomic E-state index is 7.34. The molecule has 0 amide bonds. The van der Waals surface area contributed by atoms with Crippen LogP contribution in [0.4, 0.5) is 0 Å². The zero-order chi connectivity index (χ0) is 27.8. The van der Waals surface area contributed by atoms with Gasteiger partial charge in [0.2, 0.25) is 0 Å². The average molecular weight is 535 g/mol. The summed E-state index contributed by atoms with van der Waals surface area (Å²) in [5.41, 5.74) is 0.401. The van der Waals surface area contributed by atoms with Crippen LogP contribution in [0.2, 0.25) is 0 Å². The van der Waals surface area contributed by atoms with Crippen molar-refractivity contribution < 1.29 is 9.78 Å². The van der Waals surface area contributed by atoms with E-state index >= 15 is 0 Å². The summed E-state index contributed by atoms with van der Waals surface area (Å²) in [6, 6.07) is 0. The molecule has 38 heavy (non-hydrogen) atoms. The van der Waals surface area contributed by atoms with E-state index in [4.69, 9.17) is 9.78 Å². The maximum absolute atomic E-state index is 7.34. The summed E-state index contributed by atoms with van der Waals surface area (Å²) in [5.74, 6) is 0. The summed E-state index contributed by atoms with van der Waals surface area (Å²) in [6.45, 7) is 14.2. The van der Waals surface area contributed by atoms with Crippen LogP contribution in [0.25, 0.3) is 0 Å². The Labute approximate surface area is 240 Å². The van der Waals surface area contributed by atoms with Gasteiger partial charge < -0.3 is 0 Å². The monoisotopic (exact) mass is 535 g/mol. The molecule has 0 heterocycles. The van der Waals surface area contributed by atoms with Crippen LogP contribution in [0.5, 0.6) is 0 Å². The van der Waals surface area contributed by atoms with Gasteiger partial charge in [-0.3, -0.25) is 0 Å². The molecule has 2 atom stereocenters. The molecule has 0 aromatic rings. The molecule has 2 saturated carbocycles. The van der Waals surface area contributed by atoms with Gasteiger partial charge in [-0.05, 0) is 64.2 Å². The lowest BCUT2D eigenvalue weighted by molar-refractivity contribution is -0.463. The van der Waals surface area contributed by atoms with Crippen molar-refractivity contribution in [2.24, 2.45) is 10.8 Å². The van der Waals surface area contributed by atoms with Gasteiger partial charge in [-0.25, -0.2) is 9.78 Å². The minimum absolute atomic E-state index is 0.0937. The molecule has 2 heteroatoms. The van der Waals surface area contributed by atoms with Crippen LogP contribution in [-0.4, -0.2) is 11.2 Å². The van der Waals surface area contributed by atoms with Gasteiger partial charge in [0.15, 0.2) is 0 Å². The van der Waals surface area contributed by atoms with Crippen LogP contribution in [0, 0.1) is 10.8 Å². The molecule has 2 aliphatic rings. The van der Waals surface area contributed by atoms with E-state index in [9.17, 15) is 0 Å². The Morgan fingerprint density at radius 2 is 0.632 bits per heavy atom. The molecule has 2 fully saturated rings. The van der Waals surface area contributed by atoms with Crippen LogP contribution in [0.1, 0.15) is 208 Å². The molecule has 2 aliphatic carbocycles. The van der Waals surface area contributed by atoms with E-state index in [1.165, 1.54) is 167 Å². The van der Waals surface area contributed by atoms with Gasteiger partial charge in [0.05, 0.1) is 0 Å². The summed E-state index contributed by atoms with van der Waals surface area (Å²) in [6.07, 6.45) is 33.7. The van der Waals surface area contributed by atoms with Crippen LogP contribution in [-0.2, 0) is 9.78 Å². The van der Waals surface area contributed by atoms with Crippen molar-refractivity contribution in [1.29, 1.82) is 0 Å². The fraction of sp³-hybridized carbons (Fsp3) is 1.00. The average Bonchev–Trinajstić information content (AvgIpc) is 2.95. The van der Waals surface area contributed by atoms with Crippen molar-refractivity contribution in [3.8, 4) is 0 Å². The molecule has 0 aliphatic heterocycles. The van der Waals surface area contributed by atoms with Gasteiger partial charge >= 0.3 is 0 Å². The van der Waals surface area contributed by atoms with Crippen molar-refractivity contribution in [2.45, 2.75) is 220 Å². The molecule has 2 rings (SSSR count). The Hall–Kier alpha value is -0.0800. The number of rotatable bonds is 21. The fourth-order valence-corrected chi connectivity index (χ4v) is 8.66. The highest BCUT2D eigenvalue weighted by Crippen LogP contribution is 2.59. The van der Waals surface area contributed by atoms with Crippen LogP contribution in [0.15, 0.2) is 0 Å². The molecule has 2 unspecified atom stereocenters. The van der Waals surface area contributed by atoms with E-state index in [2.05, 4.69) is 41.5 Å². The lowest BCUT2D eigenvalue weighted by Gasteiger charge is -2.58. The summed E-state index contributed by atoms with van der Waals surface area (Å²) < 4.78 is 0. The first-order chi connectivity index (χ1) is 18.5. The van der Waals surface area contributed by atoms with Gasteiger partial charge in [0, 0.05) is 10.8 Å². The van der Waals surface area contributed by atoms with Crippen LogP contribution in [0.3, 0.4) is 0 Å². The zero-order valence-electron chi connectivity index (χ0n) is 27.2. The molecule has 0 bridgehead atoms. The second-order valence-corrected chi connectivity index (χ2v) is 13.8. The second kappa shape index (κ2) is 17.7. The normalized spacial score (nSPS) is 27.0. The first-order valence-electron chi connectivity index (χ1n) is 17.9. The minimum atomic E-state index is -0.0937. The molecular weight excluding hydrogens is 464 g/mol. The summed E-state index contributed by atoms with van der Waals surface area (Å²) in [4.78, 5) is 14.7. The molecule has 0 N–H and O–H groups in total. The zero-order valence-corrected chi connectivity index (χ0v) is 27.2. The second-order valence-electron chi connectivity index (χ2n) is 13.8. The minimum Gasteiger partial charge on any atom is -0.229 e. The fourth-order valence-electron chi connectivity index (χ4n) is 8.66. The Morgan fingerprint density at radius 1 is 0.368 bits per heavy atom. The van der Waals surface area contributed by atoms with Gasteiger partial charge in [0.25, 0.3) is 0 Å². The van der Waals surface area contributed by atoms with E-state index in [1.54, 1.807) is 0 Å². The predicted molar refractivity (Wildman–Crippen MR) is 167 cm³/mol. The maximum Gasteiger partial charge on any atom is 0.109 e. The molecule has 0 saturated heterocycles. The number of hydrogen-bond acceptors (Lipinski definition) is 2. The largest absolute Gasteiger partial charge is 0.229 e. The SMILES string of the molecule is CCCCC1(CCCC)CCCCC1(CCCC)OOC1(CCCC)CCCCC1(CCCC)CCCC. The molecule has 0 aromatic heterocycles. The number of unbranched alkanes of at least 4 members (excludes halogenated alkanes) is 6. The van der Waals surface area contributed by atoms with Crippen molar-refractivity contribution in [1.82, 2.24) is 0 Å². The topological polar surface area (TPSA) is 18.5 Å². The highest BCUT2D eigenvalue weighted by Gasteiger charge is 2.57. The standard InChI is InChI=1S/C36H70O2/c1-7-13-23-33(24-14-8-2)27-19-21-31-35(33,29-17-11-5)37-38-36(30-18-12-6)32-22-20-28-34(36,25-15-9-3)26-16-10-4/h7-32H2,1-6H3. The lowest BCUT2D eigenvalue weighted by Crippen LogP contribution is -2.58. The highest BCUT2D eigenvalue weighted by molar-refractivity contribution is 5.05. The molecular formula is C36H70O2. The van der Waals surface area contributed by atoms with Gasteiger partial charge in [-0.1, -0.05) is 144 Å². The van der Waals surface area contributed by atoms with E-state index in [0.29, 0.717) is 10.8 Å².